The van der Waals surface area contributed by atoms with Crippen molar-refractivity contribution in [2.24, 2.45) is 11.8 Å². The summed E-state index contributed by atoms with van der Waals surface area (Å²) < 4.78 is 5.44. The van der Waals surface area contributed by atoms with Gasteiger partial charge in [0.2, 0.25) is 5.75 Å². The summed E-state index contributed by atoms with van der Waals surface area (Å²) in [4.78, 5) is 20.5. The van der Waals surface area contributed by atoms with Crippen LogP contribution in [0.15, 0.2) is 35.4 Å². The zero-order chi connectivity index (χ0) is 23.0. The van der Waals surface area contributed by atoms with Gasteiger partial charge in [-0.25, -0.2) is 4.98 Å². The summed E-state index contributed by atoms with van der Waals surface area (Å²) in [5.41, 5.74) is 1.60. The number of hydrogen-bond donors (Lipinski definition) is 3. The highest BCUT2D eigenvalue weighted by molar-refractivity contribution is 5.38. The fourth-order valence-corrected chi connectivity index (χ4v) is 4.76. The van der Waals surface area contributed by atoms with Gasteiger partial charge in [0.1, 0.15) is 0 Å². The minimum Gasteiger partial charge on any atom is -0.502 e. The van der Waals surface area contributed by atoms with Gasteiger partial charge in [-0.05, 0) is 49.3 Å². The van der Waals surface area contributed by atoms with E-state index in [9.17, 15) is 15.0 Å². The lowest BCUT2D eigenvalue weighted by Gasteiger charge is -2.33. The van der Waals surface area contributed by atoms with E-state index in [1.165, 1.54) is 38.6 Å². The Kier molecular flexibility index (Phi) is 8.16. The predicted octanol–water partition coefficient (Wildman–Crippen LogP) is 2.28. The van der Waals surface area contributed by atoms with Gasteiger partial charge in [-0.1, -0.05) is 24.0 Å². The maximum atomic E-state index is 11.6. The molecule has 2 heterocycles. The van der Waals surface area contributed by atoms with Gasteiger partial charge in [-0.2, -0.15) is 0 Å². The minimum absolute atomic E-state index is 0.105. The highest BCUT2D eigenvalue weighted by atomic mass is 16.5. The first-order chi connectivity index (χ1) is 16.1. The number of aliphatic hydroxyl groups excluding tert-OH is 1. The molecule has 2 aliphatic rings. The van der Waals surface area contributed by atoms with Crippen LogP contribution in [0.25, 0.3) is 0 Å². The molecule has 0 radical (unpaired) electrons. The number of aromatic amines is 1. The number of aromatic nitrogens is 2. The highest BCUT2D eigenvalue weighted by Gasteiger charge is 2.23. The third-order valence-corrected chi connectivity index (χ3v) is 6.83. The van der Waals surface area contributed by atoms with Crippen LogP contribution >= 0.6 is 0 Å². The van der Waals surface area contributed by atoms with Crippen LogP contribution in [0, 0.1) is 23.7 Å². The van der Waals surface area contributed by atoms with Crippen molar-refractivity contribution < 1.29 is 14.9 Å². The number of aromatic hydroxyl groups is 1. The highest BCUT2D eigenvalue weighted by Crippen LogP contribution is 2.29. The lowest BCUT2D eigenvalue weighted by atomic mass is 9.82. The van der Waals surface area contributed by atoms with Crippen LogP contribution in [0.2, 0.25) is 0 Å². The summed E-state index contributed by atoms with van der Waals surface area (Å²) in [6.45, 7) is 4.95. The molecule has 0 spiro atoms. The Hall–Kier alpha value is -2.66. The third kappa shape index (κ3) is 6.44. The quantitative estimate of drug-likeness (QED) is 0.583. The first-order valence-corrected chi connectivity index (χ1v) is 11.9. The molecule has 1 aromatic heterocycles. The largest absolute Gasteiger partial charge is 0.502 e. The standard InChI is InChI=1S/C26H33N3O4/c30-17-23(15-24-25(31)26(32)28-18-27-24)22-9-7-20(8-10-22)2-1-19-3-5-21(6-4-19)16-29-11-13-33-14-12-29/h7-10,18-19,21,23,30-31H,3-6,11-17H2,(H,27,28,32)/t19?,21?,23-/m1/s1. The molecule has 1 aromatic carbocycles. The second-order valence-electron chi connectivity index (χ2n) is 9.13. The molecule has 0 bridgehead atoms. The molecule has 7 heteroatoms. The average Bonchev–Trinajstić information content (AvgIpc) is 2.86. The molecular weight excluding hydrogens is 418 g/mol. The van der Waals surface area contributed by atoms with E-state index in [4.69, 9.17) is 4.74 Å². The van der Waals surface area contributed by atoms with E-state index in [1.54, 1.807) is 0 Å². The molecule has 1 atom stereocenters. The number of aliphatic hydroxyl groups is 1. The number of morpholine rings is 1. The molecule has 1 aliphatic heterocycles. The van der Waals surface area contributed by atoms with E-state index in [0.717, 1.165) is 43.3 Å². The van der Waals surface area contributed by atoms with Crippen molar-refractivity contribution in [2.45, 2.75) is 38.0 Å². The molecule has 7 nitrogen and oxygen atoms in total. The van der Waals surface area contributed by atoms with Crippen LogP contribution in [-0.2, 0) is 11.2 Å². The predicted molar refractivity (Wildman–Crippen MR) is 126 cm³/mol. The zero-order valence-corrected chi connectivity index (χ0v) is 19.0. The molecule has 33 heavy (non-hydrogen) atoms. The summed E-state index contributed by atoms with van der Waals surface area (Å²) in [6.07, 6.45) is 6.37. The minimum atomic E-state index is -0.572. The Labute approximate surface area is 194 Å². The summed E-state index contributed by atoms with van der Waals surface area (Å²) in [5.74, 6) is 7.38. The van der Waals surface area contributed by atoms with E-state index >= 15 is 0 Å². The van der Waals surface area contributed by atoms with Crippen LogP contribution in [-0.4, -0.2) is 64.5 Å². The summed E-state index contributed by atoms with van der Waals surface area (Å²) in [6, 6.07) is 7.85. The normalized spacial score (nSPS) is 22.3. The van der Waals surface area contributed by atoms with E-state index < -0.39 is 11.3 Å². The van der Waals surface area contributed by atoms with Crippen molar-refractivity contribution in [1.29, 1.82) is 0 Å². The molecule has 2 fully saturated rings. The van der Waals surface area contributed by atoms with Gasteiger partial charge >= 0.3 is 0 Å². The monoisotopic (exact) mass is 451 g/mol. The summed E-state index contributed by atoms with van der Waals surface area (Å²) in [5, 5.41) is 19.7. The molecule has 1 aliphatic carbocycles. The molecule has 4 rings (SSSR count). The topological polar surface area (TPSA) is 98.7 Å². The zero-order valence-electron chi connectivity index (χ0n) is 19.0. The van der Waals surface area contributed by atoms with Crippen molar-refractivity contribution in [3.63, 3.8) is 0 Å². The number of hydrogen-bond acceptors (Lipinski definition) is 6. The second kappa shape index (κ2) is 11.5. The number of nitrogens with one attached hydrogen (secondary N) is 1. The SMILES string of the molecule is O=c1[nH]cnc(C[C@H](CO)c2ccc(C#CC3CCC(CN4CCOCC4)CC3)cc2)c1O. The lowest BCUT2D eigenvalue weighted by Crippen LogP contribution is -2.40. The van der Waals surface area contributed by atoms with Crippen LogP contribution in [0.1, 0.15) is 48.4 Å². The fraction of sp³-hybridized carbons (Fsp3) is 0.538. The molecular formula is C26H33N3O4. The maximum absolute atomic E-state index is 11.6. The summed E-state index contributed by atoms with van der Waals surface area (Å²) in [7, 11) is 0. The Bertz CT molecular complexity index is 1010. The second-order valence-corrected chi connectivity index (χ2v) is 9.13. The van der Waals surface area contributed by atoms with E-state index in [2.05, 4.69) is 26.7 Å². The number of H-pyrrole nitrogens is 1. The fourth-order valence-electron chi connectivity index (χ4n) is 4.76. The number of benzene rings is 1. The van der Waals surface area contributed by atoms with E-state index in [1.807, 2.05) is 24.3 Å². The van der Waals surface area contributed by atoms with Crippen molar-refractivity contribution in [1.82, 2.24) is 14.9 Å². The molecule has 1 saturated carbocycles. The third-order valence-electron chi connectivity index (χ3n) is 6.83. The Morgan fingerprint density at radius 2 is 1.88 bits per heavy atom. The van der Waals surface area contributed by atoms with Gasteiger partial charge in [0.05, 0.1) is 31.8 Å². The van der Waals surface area contributed by atoms with Crippen molar-refractivity contribution in [2.75, 3.05) is 39.5 Å². The Morgan fingerprint density at radius 3 is 2.58 bits per heavy atom. The van der Waals surface area contributed by atoms with Gasteiger partial charge in [0, 0.05) is 43.5 Å². The Morgan fingerprint density at radius 1 is 1.15 bits per heavy atom. The molecule has 1 saturated heterocycles. The number of nitrogens with zero attached hydrogens (tertiary/aromatic N) is 2. The lowest BCUT2D eigenvalue weighted by molar-refractivity contribution is 0.0271. The summed E-state index contributed by atoms with van der Waals surface area (Å²) >= 11 is 0. The molecule has 2 aromatic rings. The van der Waals surface area contributed by atoms with Gasteiger partial charge in [-0.15, -0.1) is 0 Å². The average molecular weight is 452 g/mol. The molecule has 0 amide bonds. The molecule has 176 valence electrons. The van der Waals surface area contributed by atoms with Crippen molar-refractivity contribution in [3.05, 3.63) is 57.8 Å². The van der Waals surface area contributed by atoms with Crippen LogP contribution in [0.4, 0.5) is 0 Å². The van der Waals surface area contributed by atoms with Gasteiger partial charge < -0.3 is 19.9 Å². The van der Waals surface area contributed by atoms with Gasteiger partial charge in [-0.3, -0.25) is 9.69 Å². The Balaban J connectivity index is 1.30. The number of ether oxygens (including phenoxy) is 1. The van der Waals surface area contributed by atoms with Gasteiger partial charge in [0.25, 0.3) is 5.56 Å². The number of rotatable bonds is 6. The molecule has 3 N–H and O–H groups in total. The van der Waals surface area contributed by atoms with E-state index in [-0.39, 0.29) is 24.6 Å². The van der Waals surface area contributed by atoms with Crippen molar-refractivity contribution in [3.8, 4) is 17.6 Å². The van der Waals surface area contributed by atoms with E-state index in [0.29, 0.717) is 5.92 Å². The molecule has 0 unspecified atom stereocenters. The first kappa shape index (κ1) is 23.5. The maximum Gasteiger partial charge on any atom is 0.293 e. The van der Waals surface area contributed by atoms with Crippen LogP contribution in [0.3, 0.4) is 0 Å². The van der Waals surface area contributed by atoms with Crippen molar-refractivity contribution >= 4 is 0 Å². The van der Waals surface area contributed by atoms with Crippen LogP contribution < -0.4 is 5.56 Å². The first-order valence-electron chi connectivity index (χ1n) is 11.9. The van der Waals surface area contributed by atoms with Gasteiger partial charge in [0.15, 0.2) is 0 Å². The smallest absolute Gasteiger partial charge is 0.293 e. The van der Waals surface area contributed by atoms with Crippen LogP contribution in [0.5, 0.6) is 5.75 Å².